The highest BCUT2D eigenvalue weighted by atomic mass is 19.1. The third-order valence-corrected chi connectivity index (χ3v) is 4.24. The molecule has 0 amide bonds. The van der Waals surface area contributed by atoms with E-state index in [9.17, 15) is 9.18 Å². The fraction of sp³-hybridized carbons (Fsp3) is 0.211. The monoisotopic (exact) mass is 311 g/mol. The maximum Gasteiger partial charge on any atom is 0.221 e. The number of aromatic amines is 1. The van der Waals surface area contributed by atoms with E-state index in [1.807, 2.05) is 49.5 Å². The number of aromatic nitrogens is 1. The molecule has 118 valence electrons. The number of para-hydroxylation sites is 1. The first-order chi connectivity index (χ1) is 11.1. The molecule has 0 saturated heterocycles. The summed E-state index contributed by atoms with van der Waals surface area (Å²) >= 11 is 0. The molecule has 0 fully saturated rings. The van der Waals surface area contributed by atoms with E-state index in [4.69, 9.17) is 0 Å². The van der Waals surface area contributed by atoms with Gasteiger partial charge in [-0.15, -0.1) is 0 Å². The Bertz CT molecular complexity index is 840. The van der Waals surface area contributed by atoms with Gasteiger partial charge in [0, 0.05) is 28.2 Å². The molecule has 0 bridgehead atoms. The lowest BCUT2D eigenvalue weighted by atomic mass is 10.0. The summed E-state index contributed by atoms with van der Waals surface area (Å²) in [6.45, 7) is 3.78. The molecular weight excluding hydrogens is 291 g/mol. The molecule has 1 aromatic heterocycles. The number of quaternary nitrogens is 1. The minimum atomic E-state index is -0.288. The highest BCUT2D eigenvalue weighted by Crippen LogP contribution is 2.19. The third kappa shape index (κ3) is 3.03. The van der Waals surface area contributed by atoms with Gasteiger partial charge in [-0.2, -0.15) is 0 Å². The number of ketones is 1. The van der Waals surface area contributed by atoms with Crippen LogP contribution in [0.15, 0.2) is 54.7 Å². The zero-order valence-corrected chi connectivity index (χ0v) is 13.2. The summed E-state index contributed by atoms with van der Waals surface area (Å²) in [5, 5.41) is 2.83. The number of hydrogen-bond donors (Lipinski definition) is 2. The molecule has 0 aliphatic heterocycles. The van der Waals surface area contributed by atoms with Crippen molar-refractivity contribution in [1.29, 1.82) is 0 Å². The predicted octanol–water partition coefficient (Wildman–Crippen LogP) is 3.20. The normalized spacial score (nSPS) is 13.9. The second-order valence-electron chi connectivity index (χ2n) is 5.90. The fourth-order valence-corrected chi connectivity index (χ4v) is 2.99. The van der Waals surface area contributed by atoms with E-state index in [1.54, 1.807) is 18.3 Å². The minimum absolute atomic E-state index is 0.0469. The molecule has 1 heterocycles. The van der Waals surface area contributed by atoms with Crippen molar-refractivity contribution < 1.29 is 14.5 Å². The highest BCUT2D eigenvalue weighted by Gasteiger charge is 2.24. The number of benzene rings is 2. The van der Waals surface area contributed by atoms with Gasteiger partial charge in [-0.05, 0) is 26.0 Å². The van der Waals surface area contributed by atoms with Crippen LogP contribution in [0.1, 0.15) is 35.8 Å². The Balaban J connectivity index is 1.79. The minimum Gasteiger partial charge on any atom is -0.360 e. The van der Waals surface area contributed by atoms with Crippen LogP contribution in [0.2, 0.25) is 0 Å². The van der Waals surface area contributed by atoms with Gasteiger partial charge in [0.05, 0.1) is 0 Å². The van der Waals surface area contributed by atoms with E-state index in [2.05, 4.69) is 4.98 Å². The molecule has 3 nitrogen and oxygen atoms in total. The Morgan fingerprint density at radius 2 is 1.78 bits per heavy atom. The lowest BCUT2D eigenvalue weighted by Gasteiger charge is -2.16. The van der Waals surface area contributed by atoms with Crippen LogP contribution in [-0.2, 0) is 0 Å². The van der Waals surface area contributed by atoms with Crippen LogP contribution in [0.25, 0.3) is 10.9 Å². The van der Waals surface area contributed by atoms with Crippen molar-refractivity contribution in [3.05, 3.63) is 71.7 Å². The molecule has 0 radical (unpaired) electrons. The van der Waals surface area contributed by atoms with Gasteiger partial charge in [-0.3, -0.25) is 4.79 Å². The van der Waals surface area contributed by atoms with Crippen molar-refractivity contribution in [2.75, 3.05) is 0 Å². The first-order valence-electron chi connectivity index (χ1n) is 7.77. The highest BCUT2D eigenvalue weighted by molar-refractivity contribution is 6.09. The van der Waals surface area contributed by atoms with Crippen molar-refractivity contribution >= 4 is 16.7 Å². The van der Waals surface area contributed by atoms with Gasteiger partial charge in [0.15, 0.2) is 0 Å². The number of hydrogen-bond acceptors (Lipinski definition) is 1. The van der Waals surface area contributed by atoms with Crippen LogP contribution >= 0.6 is 0 Å². The number of halogens is 1. The van der Waals surface area contributed by atoms with Crippen molar-refractivity contribution in [2.24, 2.45) is 0 Å². The number of nitrogens with one attached hydrogen (secondary N) is 1. The number of fused-ring (bicyclic) bond motifs is 1. The van der Waals surface area contributed by atoms with Gasteiger partial charge in [-0.1, -0.05) is 36.4 Å². The standard InChI is InChI=1S/C19H19FN2O/c1-12(14-7-3-5-9-17(14)20)22-13(2)19(23)16-11-21-18-10-6-4-8-15(16)18/h3-13,21-22H,1-2H3/p+1/t12-,13-/m1/s1. The van der Waals surface area contributed by atoms with Crippen LogP contribution in [0.3, 0.4) is 0 Å². The quantitative estimate of drug-likeness (QED) is 0.699. The largest absolute Gasteiger partial charge is 0.360 e. The maximum absolute atomic E-state index is 13.9. The fourth-order valence-electron chi connectivity index (χ4n) is 2.99. The van der Waals surface area contributed by atoms with Gasteiger partial charge in [0.25, 0.3) is 0 Å². The Labute approximate surface area is 134 Å². The molecule has 0 aliphatic carbocycles. The number of H-pyrrole nitrogens is 1. The zero-order valence-electron chi connectivity index (χ0n) is 13.2. The molecular formula is C19H20FN2O+. The molecule has 2 atom stereocenters. The van der Waals surface area contributed by atoms with Crippen LogP contribution in [0, 0.1) is 5.82 Å². The number of carbonyl (C=O) groups excluding carboxylic acids is 1. The van der Waals surface area contributed by atoms with Crippen molar-refractivity contribution in [2.45, 2.75) is 25.9 Å². The second-order valence-corrected chi connectivity index (χ2v) is 5.90. The van der Waals surface area contributed by atoms with Crippen LogP contribution in [0.4, 0.5) is 4.39 Å². The molecule has 0 unspecified atom stereocenters. The molecule has 3 N–H and O–H groups in total. The number of rotatable bonds is 5. The molecule has 2 aromatic carbocycles. The summed E-state index contributed by atoms with van der Waals surface area (Å²) in [5.41, 5.74) is 2.25. The zero-order chi connectivity index (χ0) is 16.4. The average Bonchev–Trinajstić information content (AvgIpc) is 2.98. The van der Waals surface area contributed by atoms with E-state index >= 15 is 0 Å². The van der Waals surface area contributed by atoms with Gasteiger partial charge >= 0.3 is 0 Å². The summed E-state index contributed by atoms with van der Waals surface area (Å²) in [5.74, 6) is -0.186. The summed E-state index contributed by atoms with van der Waals surface area (Å²) in [6.07, 6.45) is 1.76. The van der Waals surface area contributed by atoms with Crippen molar-refractivity contribution in [3.63, 3.8) is 0 Å². The van der Waals surface area contributed by atoms with E-state index in [0.29, 0.717) is 11.1 Å². The Morgan fingerprint density at radius 3 is 2.57 bits per heavy atom. The average molecular weight is 311 g/mol. The van der Waals surface area contributed by atoms with E-state index in [0.717, 1.165) is 10.9 Å². The van der Waals surface area contributed by atoms with Gasteiger partial charge < -0.3 is 10.3 Å². The third-order valence-electron chi connectivity index (χ3n) is 4.24. The number of nitrogens with two attached hydrogens (primary N) is 1. The smallest absolute Gasteiger partial charge is 0.221 e. The number of carbonyl (C=O) groups is 1. The lowest BCUT2D eigenvalue weighted by Crippen LogP contribution is -2.91. The maximum atomic E-state index is 13.9. The van der Waals surface area contributed by atoms with Crippen LogP contribution in [-0.4, -0.2) is 16.8 Å². The molecule has 3 rings (SSSR count). The van der Waals surface area contributed by atoms with Gasteiger partial charge in [0.2, 0.25) is 5.78 Å². The topological polar surface area (TPSA) is 49.5 Å². The molecule has 0 saturated carbocycles. The molecule has 0 spiro atoms. The van der Waals surface area contributed by atoms with E-state index in [-0.39, 0.29) is 23.7 Å². The molecule has 4 heteroatoms. The molecule has 0 aliphatic rings. The second kappa shape index (κ2) is 6.34. The van der Waals surface area contributed by atoms with Crippen molar-refractivity contribution in [1.82, 2.24) is 4.98 Å². The summed E-state index contributed by atoms with van der Waals surface area (Å²) < 4.78 is 13.9. The first-order valence-corrected chi connectivity index (χ1v) is 7.77. The van der Waals surface area contributed by atoms with Gasteiger partial charge in [-0.25, -0.2) is 4.39 Å². The van der Waals surface area contributed by atoms with Gasteiger partial charge in [0.1, 0.15) is 17.9 Å². The Kier molecular flexibility index (Phi) is 4.26. The van der Waals surface area contributed by atoms with Crippen LogP contribution < -0.4 is 5.32 Å². The first kappa shape index (κ1) is 15.4. The SMILES string of the molecule is C[C@@H]([NH2+][C@H](C)c1ccccc1F)C(=O)c1c[nH]c2ccccc12. The Morgan fingerprint density at radius 1 is 1.09 bits per heavy atom. The summed E-state index contributed by atoms with van der Waals surface area (Å²) in [6, 6.07) is 14.0. The number of Topliss-reactive ketones (excluding diaryl/α,β-unsaturated/α-hetero) is 1. The van der Waals surface area contributed by atoms with E-state index in [1.165, 1.54) is 6.07 Å². The lowest BCUT2D eigenvalue weighted by molar-refractivity contribution is -0.709. The van der Waals surface area contributed by atoms with Crippen LogP contribution in [0.5, 0.6) is 0 Å². The van der Waals surface area contributed by atoms with Crippen molar-refractivity contribution in [3.8, 4) is 0 Å². The molecule has 3 aromatic rings. The summed E-state index contributed by atoms with van der Waals surface area (Å²) in [4.78, 5) is 15.8. The predicted molar refractivity (Wildman–Crippen MR) is 88.8 cm³/mol. The van der Waals surface area contributed by atoms with E-state index < -0.39 is 0 Å². The Hall–Kier alpha value is -2.46. The summed E-state index contributed by atoms with van der Waals surface area (Å²) in [7, 11) is 0. The molecule has 23 heavy (non-hydrogen) atoms.